The largest absolute Gasteiger partial charge is 0.457 e. The molecule has 10 rings (SSSR count). The van der Waals surface area contributed by atoms with Gasteiger partial charge in [-0.1, -0.05) is 61.6 Å². The van der Waals surface area contributed by atoms with Gasteiger partial charge >= 0.3 is 0 Å². The average Bonchev–Trinajstić information content (AvgIpc) is 3.74. The fraction of sp³-hybridized carbons (Fsp3) is 0.0500. The van der Waals surface area contributed by atoms with Crippen molar-refractivity contribution >= 4 is 94.5 Å². The van der Waals surface area contributed by atoms with Crippen LogP contribution in [0, 0.1) is 0 Å². The quantitative estimate of drug-likeness (QED) is 0.142. The molecule has 0 radical (unpaired) electrons. The van der Waals surface area contributed by atoms with Crippen LogP contribution in [-0.4, -0.2) is 22.4 Å². The van der Waals surface area contributed by atoms with Gasteiger partial charge in [0.2, 0.25) is 0 Å². The van der Waals surface area contributed by atoms with E-state index < -0.39 is 8.07 Å². The van der Waals surface area contributed by atoms with Crippen LogP contribution in [0.1, 0.15) is 0 Å². The highest BCUT2D eigenvalue weighted by Crippen LogP contribution is 2.43. The van der Waals surface area contributed by atoms with Crippen molar-refractivity contribution in [1.82, 2.24) is 14.4 Å². The van der Waals surface area contributed by atoms with Crippen LogP contribution in [0.4, 0.5) is 17.2 Å². The number of nitrogens with zero attached hydrogens (tertiary/aromatic N) is 4. The van der Waals surface area contributed by atoms with E-state index in [1.165, 1.54) is 41.6 Å². The second-order valence-electron chi connectivity index (χ2n) is 12.7. The van der Waals surface area contributed by atoms with Crippen molar-refractivity contribution in [2.24, 2.45) is 0 Å². The number of fused-ring (bicyclic) bond motifs is 11. The zero-order valence-corrected chi connectivity index (χ0v) is 27.6. The Morgan fingerprint density at radius 3 is 2.40 bits per heavy atom. The Kier molecular flexibility index (Phi) is 5.54. The molecule has 0 spiro atoms. The summed E-state index contributed by atoms with van der Waals surface area (Å²) in [5.74, 6) is 2.55. The molecule has 47 heavy (non-hydrogen) atoms. The molecule has 0 saturated carbocycles. The number of hydrogen-bond acceptors (Lipinski definition) is 5. The zero-order chi connectivity index (χ0) is 31.3. The predicted molar refractivity (Wildman–Crippen MR) is 199 cm³/mol. The molecular formula is C40H28N4OSSi. The standard InChI is InChI=1S/C40H28N4OSSi/c1-47(2)37-15-8-18-41-40(37)44(34-23-31-30-12-4-6-14-35(30)46-36(31)24-38(34)47)25-9-7-10-26(21-25)45-27-16-17-28-29-11-3-5-13-33(29)43-20-19-42-39(43)32(28)22-27/h3-24H,1-2H3. The molecule has 5 aromatic carbocycles. The van der Waals surface area contributed by atoms with Gasteiger partial charge in [0, 0.05) is 61.3 Å². The minimum absolute atomic E-state index is 0.769. The third-order valence-electron chi connectivity index (χ3n) is 9.72. The van der Waals surface area contributed by atoms with Gasteiger partial charge in [-0.15, -0.1) is 11.3 Å². The first kappa shape index (κ1) is 26.7. The van der Waals surface area contributed by atoms with Crippen molar-refractivity contribution in [2.45, 2.75) is 13.1 Å². The Hall–Kier alpha value is -5.50. The highest BCUT2D eigenvalue weighted by atomic mass is 32.1. The van der Waals surface area contributed by atoms with Crippen LogP contribution < -0.4 is 20.0 Å². The van der Waals surface area contributed by atoms with Crippen LogP contribution in [0.2, 0.25) is 13.1 Å². The Morgan fingerprint density at radius 1 is 0.617 bits per heavy atom. The summed E-state index contributed by atoms with van der Waals surface area (Å²) in [4.78, 5) is 12.1. The number of pyridine rings is 2. The summed E-state index contributed by atoms with van der Waals surface area (Å²) in [6.45, 7) is 4.89. The summed E-state index contributed by atoms with van der Waals surface area (Å²) in [5, 5.41) is 8.76. The predicted octanol–water partition coefficient (Wildman–Crippen LogP) is 9.80. The van der Waals surface area contributed by atoms with E-state index >= 15 is 0 Å². The molecule has 1 aliphatic heterocycles. The van der Waals surface area contributed by atoms with E-state index in [2.05, 4.69) is 132 Å². The number of rotatable bonds is 3. The molecule has 0 saturated heterocycles. The summed E-state index contributed by atoms with van der Waals surface area (Å²) < 4.78 is 11.4. The van der Waals surface area contributed by atoms with Gasteiger partial charge in [0.1, 0.15) is 31.0 Å². The maximum atomic E-state index is 6.61. The smallest absolute Gasteiger partial charge is 0.145 e. The molecule has 0 atom stereocenters. The summed E-state index contributed by atoms with van der Waals surface area (Å²) in [6, 6.07) is 41.1. The topological polar surface area (TPSA) is 42.7 Å². The molecule has 1 aliphatic rings. The van der Waals surface area contributed by atoms with Gasteiger partial charge in [-0.3, -0.25) is 9.30 Å². The number of imidazole rings is 1. The van der Waals surface area contributed by atoms with Crippen molar-refractivity contribution in [3.8, 4) is 11.5 Å². The Labute approximate surface area is 276 Å². The first-order valence-electron chi connectivity index (χ1n) is 15.8. The summed E-state index contributed by atoms with van der Waals surface area (Å²) >= 11 is 1.88. The summed E-state index contributed by atoms with van der Waals surface area (Å²) in [5.41, 5.74) is 4.29. The monoisotopic (exact) mass is 640 g/mol. The molecular weight excluding hydrogens is 613 g/mol. The Bertz CT molecular complexity index is 2730. The van der Waals surface area contributed by atoms with E-state index in [1.807, 2.05) is 36.0 Å². The van der Waals surface area contributed by atoms with E-state index in [1.54, 1.807) is 0 Å². The summed E-state index contributed by atoms with van der Waals surface area (Å²) in [6.07, 6.45) is 5.79. The van der Waals surface area contributed by atoms with Crippen LogP contribution in [0.3, 0.4) is 0 Å². The van der Waals surface area contributed by atoms with E-state index in [0.717, 1.165) is 44.9 Å². The normalized spacial score (nSPS) is 13.9. The molecule has 9 aromatic rings. The number of anilines is 3. The second-order valence-corrected chi connectivity index (χ2v) is 18.2. The summed E-state index contributed by atoms with van der Waals surface area (Å²) in [7, 11) is -2.05. The average molecular weight is 641 g/mol. The van der Waals surface area contributed by atoms with Crippen LogP contribution in [0.5, 0.6) is 11.5 Å². The minimum Gasteiger partial charge on any atom is -0.457 e. The van der Waals surface area contributed by atoms with Crippen LogP contribution in [0.25, 0.3) is 47.5 Å². The lowest BCUT2D eigenvalue weighted by molar-refractivity contribution is 0.483. The van der Waals surface area contributed by atoms with Gasteiger partial charge in [-0.2, -0.15) is 0 Å². The van der Waals surface area contributed by atoms with Gasteiger partial charge in [-0.25, -0.2) is 9.97 Å². The fourth-order valence-corrected chi connectivity index (χ4v) is 11.6. The second kappa shape index (κ2) is 9.75. The van der Waals surface area contributed by atoms with Crippen molar-refractivity contribution in [2.75, 3.05) is 4.90 Å². The number of aromatic nitrogens is 3. The molecule has 0 aliphatic carbocycles. The molecule has 0 amide bonds. The molecule has 0 fully saturated rings. The third kappa shape index (κ3) is 3.87. The first-order chi connectivity index (χ1) is 23.0. The molecule has 0 N–H and O–H groups in total. The SMILES string of the molecule is C[Si]1(C)c2cc3sc4ccccc4c3cc2N(c2cccc(Oc3ccc4c5ccccc5n5ccnc5c4c3)c2)c2ncccc21. The lowest BCUT2D eigenvalue weighted by atomic mass is 10.1. The lowest BCUT2D eigenvalue weighted by Gasteiger charge is -2.40. The molecule has 7 heteroatoms. The minimum atomic E-state index is -2.05. The first-order valence-corrected chi connectivity index (χ1v) is 19.6. The fourth-order valence-electron chi connectivity index (χ4n) is 7.47. The van der Waals surface area contributed by atoms with E-state index in [9.17, 15) is 0 Å². The highest BCUT2D eigenvalue weighted by Gasteiger charge is 2.40. The molecule has 5 nitrogen and oxygen atoms in total. The Morgan fingerprint density at radius 2 is 1.47 bits per heavy atom. The molecule has 4 aromatic heterocycles. The number of thiophene rings is 1. The number of hydrogen-bond donors (Lipinski definition) is 0. The Balaban J connectivity index is 1.12. The molecule has 0 bridgehead atoms. The van der Waals surface area contributed by atoms with E-state index in [-0.39, 0.29) is 0 Å². The number of para-hydroxylation sites is 1. The van der Waals surface area contributed by atoms with E-state index in [0.29, 0.717) is 0 Å². The van der Waals surface area contributed by atoms with Crippen LogP contribution in [-0.2, 0) is 0 Å². The third-order valence-corrected chi connectivity index (χ3v) is 14.3. The van der Waals surface area contributed by atoms with Crippen molar-refractivity contribution < 1.29 is 4.74 Å². The molecule has 0 unspecified atom stereocenters. The van der Waals surface area contributed by atoms with Crippen LogP contribution >= 0.6 is 11.3 Å². The number of benzene rings is 5. The van der Waals surface area contributed by atoms with Crippen molar-refractivity contribution in [3.63, 3.8) is 0 Å². The van der Waals surface area contributed by atoms with Gasteiger partial charge in [0.15, 0.2) is 0 Å². The van der Waals surface area contributed by atoms with Gasteiger partial charge in [-0.05, 0) is 76.4 Å². The van der Waals surface area contributed by atoms with Gasteiger partial charge in [0.05, 0.1) is 11.2 Å². The maximum absolute atomic E-state index is 6.61. The molecule has 224 valence electrons. The van der Waals surface area contributed by atoms with E-state index in [4.69, 9.17) is 14.7 Å². The molecule has 5 heterocycles. The van der Waals surface area contributed by atoms with Gasteiger partial charge < -0.3 is 4.74 Å². The van der Waals surface area contributed by atoms with Crippen LogP contribution in [0.15, 0.2) is 134 Å². The van der Waals surface area contributed by atoms with Crippen molar-refractivity contribution in [1.29, 1.82) is 0 Å². The number of ether oxygens (including phenoxy) is 1. The van der Waals surface area contributed by atoms with Gasteiger partial charge in [0.25, 0.3) is 0 Å². The maximum Gasteiger partial charge on any atom is 0.145 e. The lowest BCUT2D eigenvalue weighted by Crippen LogP contribution is -2.58. The van der Waals surface area contributed by atoms with Crippen molar-refractivity contribution in [3.05, 3.63) is 134 Å². The zero-order valence-electron chi connectivity index (χ0n) is 25.8. The highest BCUT2D eigenvalue weighted by molar-refractivity contribution is 7.26.